The van der Waals surface area contributed by atoms with Crippen LogP contribution in [0.1, 0.15) is 44.7 Å². The first-order chi connectivity index (χ1) is 12.3. The van der Waals surface area contributed by atoms with Crippen LogP contribution >= 0.6 is 19.6 Å². The van der Waals surface area contributed by atoms with Crippen molar-refractivity contribution < 1.29 is 28.2 Å². The van der Waals surface area contributed by atoms with Crippen molar-refractivity contribution in [1.82, 2.24) is 5.32 Å². The van der Waals surface area contributed by atoms with Gasteiger partial charge in [-0.25, -0.2) is 4.79 Å². The highest BCUT2D eigenvalue weighted by molar-refractivity contribution is 7.38. The van der Waals surface area contributed by atoms with E-state index in [9.17, 15) is 14.2 Å². The lowest BCUT2D eigenvalue weighted by Crippen LogP contribution is -2.33. The molecule has 3 unspecified atom stereocenters. The van der Waals surface area contributed by atoms with Crippen molar-refractivity contribution in [2.75, 3.05) is 13.3 Å². The van der Waals surface area contributed by atoms with E-state index in [1.54, 1.807) is 24.3 Å². The summed E-state index contributed by atoms with van der Waals surface area (Å²) in [6.07, 6.45) is -0.424. The number of carbonyl (C=O) groups is 2. The lowest BCUT2D eigenvalue weighted by Gasteiger charge is -2.21. The SMILES string of the molecule is CCCC(=O)OC(C)OC(=O)NC(CCO[PH](C)=O)c1ccc(Cl)cc1. The average molecular weight is 406 g/mol. The van der Waals surface area contributed by atoms with Gasteiger partial charge in [0.15, 0.2) is 8.03 Å². The van der Waals surface area contributed by atoms with Gasteiger partial charge in [-0.1, -0.05) is 30.7 Å². The fourth-order valence-electron chi connectivity index (χ4n) is 2.14. The van der Waals surface area contributed by atoms with Crippen molar-refractivity contribution in [2.24, 2.45) is 0 Å². The second-order valence-electron chi connectivity index (χ2n) is 5.59. The second-order valence-corrected chi connectivity index (χ2v) is 7.30. The molecule has 0 fully saturated rings. The summed E-state index contributed by atoms with van der Waals surface area (Å²) in [5, 5.41) is 3.27. The third-order valence-corrected chi connectivity index (χ3v) is 4.16. The number of esters is 1. The number of carbonyl (C=O) groups excluding carboxylic acids is 2. The Labute approximate surface area is 159 Å². The van der Waals surface area contributed by atoms with E-state index in [0.717, 1.165) is 5.56 Å². The summed E-state index contributed by atoms with van der Waals surface area (Å²) >= 11 is 5.89. The van der Waals surface area contributed by atoms with Crippen molar-refractivity contribution in [3.63, 3.8) is 0 Å². The number of nitrogens with one attached hydrogen (secondary N) is 1. The largest absolute Gasteiger partial charge is 0.425 e. The molecule has 0 heterocycles. The van der Waals surface area contributed by atoms with Gasteiger partial charge >= 0.3 is 12.1 Å². The molecule has 9 heteroatoms. The van der Waals surface area contributed by atoms with E-state index in [-0.39, 0.29) is 13.0 Å². The maximum absolute atomic E-state index is 12.1. The van der Waals surface area contributed by atoms with Gasteiger partial charge in [-0.2, -0.15) is 0 Å². The first-order valence-corrected chi connectivity index (χ1v) is 10.6. The monoisotopic (exact) mass is 405 g/mol. The fraction of sp³-hybridized carbons (Fsp3) is 0.529. The van der Waals surface area contributed by atoms with Crippen LogP contribution in [0, 0.1) is 0 Å². The third-order valence-electron chi connectivity index (χ3n) is 3.30. The van der Waals surface area contributed by atoms with Gasteiger partial charge in [-0.15, -0.1) is 0 Å². The van der Waals surface area contributed by atoms with Crippen LogP contribution in [0.4, 0.5) is 4.79 Å². The Morgan fingerprint density at radius 3 is 2.46 bits per heavy atom. The number of rotatable bonds is 10. The van der Waals surface area contributed by atoms with E-state index in [0.29, 0.717) is 17.9 Å². The van der Waals surface area contributed by atoms with Crippen LogP contribution < -0.4 is 5.32 Å². The Morgan fingerprint density at radius 2 is 1.88 bits per heavy atom. The summed E-state index contributed by atoms with van der Waals surface area (Å²) in [6, 6.07) is 6.52. The number of benzene rings is 1. The molecule has 0 saturated heterocycles. The van der Waals surface area contributed by atoms with Gasteiger partial charge in [0, 0.05) is 25.0 Å². The van der Waals surface area contributed by atoms with E-state index >= 15 is 0 Å². The van der Waals surface area contributed by atoms with Gasteiger partial charge in [0.2, 0.25) is 6.29 Å². The van der Waals surface area contributed by atoms with Crippen molar-refractivity contribution in [3.8, 4) is 0 Å². The normalized spacial score (nSPS) is 14.2. The second kappa shape index (κ2) is 11.9. The Morgan fingerprint density at radius 1 is 1.23 bits per heavy atom. The van der Waals surface area contributed by atoms with E-state index in [1.165, 1.54) is 13.6 Å². The van der Waals surface area contributed by atoms with E-state index in [4.69, 9.17) is 25.6 Å². The molecule has 0 aliphatic rings. The summed E-state index contributed by atoms with van der Waals surface area (Å²) in [6.45, 7) is 5.03. The molecule has 0 bridgehead atoms. The summed E-state index contributed by atoms with van der Waals surface area (Å²) in [5.41, 5.74) is 0.793. The van der Waals surface area contributed by atoms with Crippen LogP contribution in [0.2, 0.25) is 5.02 Å². The predicted octanol–water partition coefficient (Wildman–Crippen LogP) is 4.31. The van der Waals surface area contributed by atoms with Gasteiger partial charge in [0.05, 0.1) is 12.6 Å². The van der Waals surface area contributed by atoms with Crippen molar-refractivity contribution in [2.45, 2.75) is 45.4 Å². The number of amides is 1. The molecule has 1 aromatic carbocycles. The molecular formula is C17H25ClNO6P. The minimum Gasteiger partial charge on any atom is -0.425 e. The van der Waals surface area contributed by atoms with E-state index in [1.807, 2.05) is 6.92 Å². The van der Waals surface area contributed by atoms with Gasteiger partial charge in [-0.05, 0) is 30.5 Å². The smallest absolute Gasteiger partial charge is 0.410 e. The van der Waals surface area contributed by atoms with Crippen LogP contribution in [0.25, 0.3) is 0 Å². The van der Waals surface area contributed by atoms with Crippen LogP contribution in [-0.4, -0.2) is 31.6 Å². The zero-order valence-electron chi connectivity index (χ0n) is 15.1. The Hall–Kier alpha value is -1.56. The number of hydrogen-bond acceptors (Lipinski definition) is 6. The van der Waals surface area contributed by atoms with Gasteiger partial charge in [0.1, 0.15) is 0 Å². The molecule has 1 amide bonds. The van der Waals surface area contributed by atoms with E-state index in [2.05, 4.69) is 5.32 Å². The lowest BCUT2D eigenvalue weighted by molar-refractivity contribution is -0.164. The number of alkyl carbamates (subject to hydrolysis) is 1. The zero-order valence-corrected chi connectivity index (χ0v) is 16.9. The van der Waals surface area contributed by atoms with E-state index < -0.39 is 32.4 Å². The first-order valence-electron chi connectivity index (χ1n) is 8.37. The molecule has 7 nitrogen and oxygen atoms in total. The molecule has 0 aromatic heterocycles. The minimum atomic E-state index is -2.06. The Bertz CT molecular complexity index is 610. The predicted molar refractivity (Wildman–Crippen MR) is 99.8 cm³/mol. The number of halogens is 1. The molecule has 0 saturated carbocycles. The quantitative estimate of drug-likeness (QED) is 0.354. The average Bonchev–Trinajstić information content (AvgIpc) is 2.54. The molecule has 1 rings (SSSR count). The third kappa shape index (κ3) is 9.22. The molecule has 26 heavy (non-hydrogen) atoms. The summed E-state index contributed by atoms with van der Waals surface area (Å²) < 4.78 is 26.3. The topological polar surface area (TPSA) is 90.9 Å². The molecule has 3 atom stereocenters. The molecule has 146 valence electrons. The Balaban J connectivity index is 2.65. The van der Waals surface area contributed by atoms with Crippen LogP contribution in [-0.2, 0) is 23.4 Å². The first kappa shape index (κ1) is 22.5. The molecule has 0 aliphatic carbocycles. The molecular weight excluding hydrogens is 381 g/mol. The molecule has 0 radical (unpaired) electrons. The summed E-state index contributed by atoms with van der Waals surface area (Å²) in [7, 11) is -2.06. The Kier molecular flexibility index (Phi) is 10.3. The summed E-state index contributed by atoms with van der Waals surface area (Å²) in [5.74, 6) is -0.427. The van der Waals surface area contributed by atoms with Gasteiger partial charge in [0.25, 0.3) is 0 Å². The molecule has 0 spiro atoms. The molecule has 0 aliphatic heterocycles. The van der Waals surface area contributed by atoms with Crippen LogP contribution in [0.3, 0.4) is 0 Å². The van der Waals surface area contributed by atoms with Crippen LogP contribution in [0.15, 0.2) is 24.3 Å². The van der Waals surface area contributed by atoms with Gasteiger partial charge < -0.3 is 19.3 Å². The lowest BCUT2D eigenvalue weighted by atomic mass is 10.0. The van der Waals surface area contributed by atoms with Crippen LogP contribution in [0.5, 0.6) is 0 Å². The zero-order chi connectivity index (χ0) is 19.5. The minimum absolute atomic E-state index is 0.211. The number of ether oxygens (including phenoxy) is 2. The number of hydrogen-bond donors (Lipinski definition) is 1. The fourth-order valence-corrected chi connectivity index (χ4v) is 2.67. The van der Waals surface area contributed by atoms with Gasteiger partial charge in [-0.3, -0.25) is 9.36 Å². The van der Waals surface area contributed by atoms with Crippen molar-refractivity contribution in [3.05, 3.63) is 34.9 Å². The highest BCUT2D eigenvalue weighted by atomic mass is 35.5. The standard InChI is InChI=1S/C17H25ClNO6P/c1-4-5-16(20)24-12(2)25-17(21)19-15(10-11-23-26(3)22)13-6-8-14(18)9-7-13/h6-9,12,15,26H,4-5,10-11H2,1-3H3,(H,19,21). The van der Waals surface area contributed by atoms with Crippen molar-refractivity contribution in [1.29, 1.82) is 0 Å². The highest BCUT2D eigenvalue weighted by Crippen LogP contribution is 2.23. The summed E-state index contributed by atoms with van der Waals surface area (Å²) in [4.78, 5) is 23.5. The maximum Gasteiger partial charge on any atom is 0.410 e. The molecule has 1 N–H and O–H groups in total. The maximum atomic E-state index is 12.1. The highest BCUT2D eigenvalue weighted by Gasteiger charge is 2.19. The van der Waals surface area contributed by atoms with Crippen molar-refractivity contribution >= 4 is 31.7 Å². The molecule has 1 aromatic rings.